The summed E-state index contributed by atoms with van der Waals surface area (Å²) in [6, 6.07) is 4.28. The molecule has 0 saturated carbocycles. The second kappa shape index (κ2) is 6.39. The van der Waals surface area contributed by atoms with Crippen LogP contribution in [0.15, 0.2) is 15.9 Å². The number of halogens is 1. The Hall–Kier alpha value is -0.370. The minimum Gasteiger partial charge on any atom is -0.311 e. The van der Waals surface area contributed by atoms with E-state index in [0.717, 1.165) is 19.5 Å². The smallest absolute Gasteiger partial charge is 0.0621 e. The van der Waals surface area contributed by atoms with Gasteiger partial charge in [0.2, 0.25) is 0 Å². The predicted molar refractivity (Wildman–Crippen MR) is 72.4 cm³/mol. The summed E-state index contributed by atoms with van der Waals surface area (Å²) in [4.78, 5) is 1.33. The van der Waals surface area contributed by atoms with Gasteiger partial charge in [-0.3, -0.25) is 0 Å². The normalized spacial score (nSPS) is 11.4. The molecule has 4 heteroatoms. The van der Waals surface area contributed by atoms with Crippen LogP contribution in [-0.2, 0) is 6.54 Å². The van der Waals surface area contributed by atoms with E-state index in [1.165, 1.54) is 9.35 Å². The zero-order valence-electron chi connectivity index (χ0n) is 9.72. The Morgan fingerprint density at radius 3 is 2.88 bits per heavy atom. The lowest BCUT2D eigenvalue weighted by Gasteiger charge is -2.23. The third kappa shape index (κ3) is 4.65. The number of nitrogens with zero attached hydrogens (tertiary/aromatic N) is 1. The van der Waals surface area contributed by atoms with Crippen molar-refractivity contribution in [2.45, 2.75) is 33.2 Å². The number of hydrogen-bond donors (Lipinski definition) is 1. The van der Waals surface area contributed by atoms with Gasteiger partial charge in [-0.15, -0.1) is 11.3 Å². The third-order valence-corrected chi connectivity index (χ3v) is 4.42. The molecular formula is C12H17BrN2S. The number of hydrogen-bond acceptors (Lipinski definition) is 3. The lowest BCUT2D eigenvalue weighted by atomic mass is 9.88. The molecule has 16 heavy (non-hydrogen) atoms. The molecule has 0 aliphatic rings. The van der Waals surface area contributed by atoms with Crippen LogP contribution < -0.4 is 5.32 Å². The summed E-state index contributed by atoms with van der Waals surface area (Å²) in [7, 11) is 0. The highest BCUT2D eigenvalue weighted by Crippen LogP contribution is 2.24. The molecule has 0 bridgehead atoms. The highest BCUT2D eigenvalue weighted by atomic mass is 79.9. The molecular weight excluding hydrogens is 284 g/mol. The van der Waals surface area contributed by atoms with Gasteiger partial charge in [0.1, 0.15) is 0 Å². The van der Waals surface area contributed by atoms with Crippen LogP contribution in [0.25, 0.3) is 0 Å². The van der Waals surface area contributed by atoms with Crippen molar-refractivity contribution in [3.8, 4) is 6.07 Å². The van der Waals surface area contributed by atoms with Crippen molar-refractivity contribution in [2.75, 3.05) is 6.54 Å². The molecule has 0 atom stereocenters. The number of rotatable bonds is 6. The van der Waals surface area contributed by atoms with Crippen LogP contribution in [0.5, 0.6) is 0 Å². The number of nitrogens with one attached hydrogen (secondary N) is 1. The maximum absolute atomic E-state index is 8.57. The fourth-order valence-electron chi connectivity index (χ4n) is 1.45. The van der Waals surface area contributed by atoms with E-state index in [9.17, 15) is 0 Å². The van der Waals surface area contributed by atoms with Crippen molar-refractivity contribution in [1.82, 2.24) is 5.32 Å². The van der Waals surface area contributed by atoms with E-state index < -0.39 is 0 Å². The lowest BCUT2D eigenvalue weighted by molar-refractivity contribution is 0.318. The highest BCUT2D eigenvalue weighted by Gasteiger charge is 2.16. The second-order valence-corrected chi connectivity index (χ2v) is 6.47. The first-order chi connectivity index (χ1) is 7.55. The summed E-state index contributed by atoms with van der Waals surface area (Å²) < 4.78 is 1.18. The predicted octanol–water partition coefficient (Wildman–Crippen LogP) is 3.93. The molecule has 0 aromatic carbocycles. The van der Waals surface area contributed by atoms with E-state index in [1.807, 2.05) is 0 Å². The van der Waals surface area contributed by atoms with Crippen molar-refractivity contribution in [3.05, 3.63) is 20.8 Å². The van der Waals surface area contributed by atoms with Crippen molar-refractivity contribution in [2.24, 2.45) is 5.41 Å². The van der Waals surface area contributed by atoms with Crippen molar-refractivity contribution >= 4 is 27.3 Å². The van der Waals surface area contributed by atoms with Gasteiger partial charge in [0.05, 0.1) is 6.07 Å². The largest absolute Gasteiger partial charge is 0.311 e. The Morgan fingerprint density at radius 2 is 2.31 bits per heavy atom. The van der Waals surface area contributed by atoms with E-state index in [0.29, 0.717) is 6.42 Å². The second-order valence-electron chi connectivity index (χ2n) is 4.62. The fraction of sp³-hybridized carbons (Fsp3) is 0.583. The molecule has 88 valence electrons. The van der Waals surface area contributed by atoms with Gasteiger partial charge in [-0.25, -0.2) is 0 Å². The number of thiophene rings is 1. The van der Waals surface area contributed by atoms with E-state index >= 15 is 0 Å². The Kier molecular flexibility index (Phi) is 5.47. The highest BCUT2D eigenvalue weighted by molar-refractivity contribution is 9.10. The lowest BCUT2D eigenvalue weighted by Crippen LogP contribution is -2.28. The molecule has 0 spiro atoms. The molecule has 1 heterocycles. The first-order valence-corrected chi connectivity index (χ1v) is 7.02. The minimum atomic E-state index is 0.194. The standard InChI is InChI=1S/C12H17BrN2S/c1-12(2,5-3-6-14)9-15-8-11-10(13)4-7-16-11/h4,7,15H,3,5,8-9H2,1-2H3. The van der Waals surface area contributed by atoms with Gasteiger partial charge in [0, 0.05) is 28.9 Å². The molecule has 1 aromatic heterocycles. The van der Waals surface area contributed by atoms with Gasteiger partial charge < -0.3 is 5.32 Å². The van der Waals surface area contributed by atoms with Crippen LogP contribution in [0, 0.1) is 16.7 Å². The summed E-state index contributed by atoms with van der Waals surface area (Å²) in [6.07, 6.45) is 1.58. The van der Waals surface area contributed by atoms with E-state index in [1.54, 1.807) is 11.3 Å². The van der Waals surface area contributed by atoms with E-state index in [2.05, 4.69) is 52.6 Å². The Morgan fingerprint density at radius 1 is 1.56 bits per heavy atom. The van der Waals surface area contributed by atoms with Crippen molar-refractivity contribution in [1.29, 1.82) is 5.26 Å². The average molecular weight is 301 g/mol. The Labute approximate surface area is 110 Å². The average Bonchev–Trinajstić information content (AvgIpc) is 2.62. The first kappa shape index (κ1) is 13.7. The molecule has 1 N–H and O–H groups in total. The van der Waals surface area contributed by atoms with Gasteiger partial charge in [0.25, 0.3) is 0 Å². The van der Waals surface area contributed by atoms with Gasteiger partial charge in [-0.2, -0.15) is 5.26 Å². The summed E-state index contributed by atoms with van der Waals surface area (Å²) in [5, 5.41) is 14.1. The van der Waals surface area contributed by atoms with Gasteiger partial charge >= 0.3 is 0 Å². The van der Waals surface area contributed by atoms with Crippen molar-refractivity contribution in [3.63, 3.8) is 0 Å². The molecule has 1 aromatic rings. The van der Waals surface area contributed by atoms with Crippen LogP contribution in [0.1, 0.15) is 31.6 Å². The summed E-state index contributed by atoms with van der Waals surface area (Å²) in [5.74, 6) is 0. The maximum atomic E-state index is 8.57. The van der Waals surface area contributed by atoms with Gasteiger partial charge in [0.15, 0.2) is 0 Å². The molecule has 0 fully saturated rings. The molecule has 1 rings (SSSR count). The summed E-state index contributed by atoms with van der Waals surface area (Å²) in [6.45, 7) is 6.23. The zero-order chi connectivity index (χ0) is 12.0. The van der Waals surface area contributed by atoms with E-state index in [4.69, 9.17) is 5.26 Å². The maximum Gasteiger partial charge on any atom is 0.0621 e. The molecule has 0 aliphatic carbocycles. The fourth-order valence-corrected chi connectivity index (χ4v) is 2.91. The van der Waals surface area contributed by atoms with Crippen LogP contribution >= 0.6 is 27.3 Å². The third-order valence-electron chi connectivity index (χ3n) is 2.49. The van der Waals surface area contributed by atoms with Crippen LogP contribution in [-0.4, -0.2) is 6.54 Å². The van der Waals surface area contributed by atoms with Crippen LogP contribution in [0.3, 0.4) is 0 Å². The summed E-state index contributed by atoms with van der Waals surface area (Å²) in [5.41, 5.74) is 0.194. The van der Waals surface area contributed by atoms with Crippen LogP contribution in [0.2, 0.25) is 0 Å². The van der Waals surface area contributed by atoms with Gasteiger partial charge in [-0.1, -0.05) is 13.8 Å². The SMILES string of the molecule is CC(C)(CCC#N)CNCc1sccc1Br. The molecule has 0 saturated heterocycles. The quantitative estimate of drug-likeness (QED) is 0.864. The Bertz CT molecular complexity index is 365. The molecule has 0 amide bonds. The molecule has 2 nitrogen and oxygen atoms in total. The van der Waals surface area contributed by atoms with Crippen molar-refractivity contribution < 1.29 is 0 Å². The molecule has 0 aliphatic heterocycles. The topological polar surface area (TPSA) is 35.8 Å². The monoisotopic (exact) mass is 300 g/mol. The van der Waals surface area contributed by atoms with E-state index in [-0.39, 0.29) is 5.41 Å². The first-order valence-electron chi connectivity index (χ1n) is 5.35. The zero-order valence-corrected chi connectivity index (χ0v) is 12.1. The number of nitriles is 1. The van der Waals surface area contributed by atoms with Gasteiger partial charge in [-0.05, 0) is 39.2 Å². The minimum absolute atomic E-state index is 0.194. The molecule has 0 unspecified atom stereocenters. The van der Waals surface area contributed by atoms with Crippen LogP contribution in [0.4, 0.5) is 0 Å². The summed E-state index contributed by atoms with van der Waals surface area (Å²) >= 11 is 5.27. The Balaban J connectivity index is 2.30. The molecule has 0 radical (unpaired) electrons.